The van der Waals surface area contributed by atoms with Crippen molar-refractivity contribution in [1.82, 2.24) is 0 Å². The van der Waals surface area contributed by atoms with E-state index < -0.39 is 0 Å². The fourth-order valence-corrected chi connectivity index (χ4v) is 3.84. The third-order valence-corrected chi connectivity index (χ3v) is 5.31. The predicted molar refractivity (Wildman–Crippen MR) is 124 cm³/mol. The summed E-state index contributed by atoms with van der Waals surface area (Å²) in [6.07, 6.45) is 3.71. The number of pyridine rings is 2. The lowest BCUT2D eigenvalue weighted by Crippen LogP contribution is -2.20. The molecule has 4 rings (SSSR count). The Morgan fingerprint density at radius 2 is 1.72 bits per heavy atom. The van der Waals surface area contributed by atoms with E-state index in [2.05, 4.69) is 15.3 Å². The molecule has 1 unspecified atom stereocenters. The number of aromatic nitrogens is 2. The van der Waals surface area contributed by atoms with Gasteiger partial charge in [-0.05, 0) is 62.7 Å². The minimum absolute atomic E-state index is 0.208. The van der Waals surface area contributed by atoms with Crippen molar-refractivity contribution in [2.24, 2.45) is 0 Å². The van der Waals surface area contributed by atoms with Gasteiger partial charge in [-0.1, -0.05) is 6.07 Å². The van der Waals surface area contributed by atoms with Crippen LogP contribution in [0.15, 0.2) is 67.0 Å². The van der Waals surface area contributed by atoms with Gasteiger partial charge in [0, 0.05) is 23.3 Å². The molecule has 0 aliphatic carbocycles. The summed E-state index contributed by atoms with van der Waals surface area (Å²) in [5.41, 5.74) is 3.52. The molecule has 0 aliphatic rings. The first kappa shape index (κ1) is 21.4. The molecule has 0 saturated heterocycles. The first-order chi connectivity index (χ1) is 15.6. The second-order valence-electron chi connectivity index (χ2n) is 7.57. The number of nitrogens with one attached hydrogen (secondary N) is 3. The van der Waals surface area contributed by atoms with Gasteiger partial charge < -0.3 is 14.6 Å². The van der Waals surface area contributed by atoms with Crippen LogP contribution in [0.4, 0.5) is 5.82 Å². The number of fused-ring (bicyclic) bond motifs is 1. The maximum absolute atomic E-state index is 11.2. The van der Waals surface area contributed by atoms with E-state index in [0.717, 1.165) is 27.9 Å². The molecule has 2 heterocycles. The van der Waals surface area contributed by atoms with Crippen molar-refractivity contribution < 1.29 is 24.5 Å². The maximum atomic E-state index is 11.2. The van der Waals surface area contributed by atoms with Gasteiger partial charge in [-0.2, -0.15) is 0 Å². The highest BCUT2D eigenvalue weighted by molar-refractivity contribution is 5.83. The number of rotatable bonds is 8. The summed E-state index contributed by atoms with van der Waals surface area (Å²) in [6, 6.07) is 17.4. The van der Waals surface area contributed by atoms with Crippen LogP contribution in [0, 0.1) is 6.92 Å². The van der Waals surface area contributed by atoms with Gasteiger partial charge in [-0.3, -0.25) is 5.32 Å². The molecule has 0 aliphatic heterocycles. The van der Waals surface area contributed by atoms with Gasteiger partial charge in [-0.25, -0.2) is 9.97 Å². The van der Waals surface area contributed by atoms with Crippen LogP contribution in [-0.2, 0) is 0 Å². The van der Waals surface area contributed by atoms with Crippen LogP contribution in [0.3, 0.4) is 0 Å². The molecule has 0 radical (unpaired) electrons. The van der Waals surface area contributed by atoms with Crippen molar-refractivity contribution in [1.29, 1.82) is 0 Å². The van der Waals surface area contributed by atoms with E-state index >= 15 is 0 Å². The van der Waals surface area contributed by atoms with Crippen molar-refractivity contribution in [3.8, 4) is 17.2 Å². The van der Waals surface area contributed by atoms with Crippen molar-refractivity contribution in [3.63, 3.8) is 0 Å². The maximum Gasteiger partial charge on any atom is 0.273 e. The zero-order valence-electron chi connectivity index (χ0n) is 18.6. The molecule has 0 spiro atoms. The van der Waals surface area contributed by atoms with E-state index in [0.29, 0.717) is 30.2 Å². The topological polar surface area (TPSA) is 79.0 Å². The SMILES string of the molecule is CCOc1ccc(C(Nc2cc(C)cc[nH+]2)c2ccc3ccc[nH+]c3c2O)cc1OCC. The van der Waals surface area contributed by atoms with Crippen molar-refractivity contribution in [3.05, 3.63) is 83.7 Å². The third-order valence-electron chi connectivity index (χ3n) is 5.31. The number of hydrogen-bond acceptors (Lipinski definition) is 4. The van der Waals surface area contributed by atoms with Gasteiger partial charge in [0.2, 0.25) is 0 Å². The Morgan fingerprint density at radius 3 is 2.50 bits per heavy atom. The molecule has 6 heteroatoms. The number of benzene rings is 2. The molecule has 6 nitrogen and oxygen atoms in total. The summed E-state index contributed by atoms with van der Waals surface area (Å²) >= 11 is 0. The lowest BCUT2D eigenvalue weighted by molar-refractivity contribution is -0.361. The number of H-pyrrole nitrogens is 2. The lowest BCUT2D eigenvalue weighted by atomic mass is 9.95. The third kappa shape index (κ3) is 4.44. The Labute approximate surface area is 187 Å². The van der Waals surface area contributed by atoms with E-state index in [1.165, 1.54) is 0 Å². The van der Waals surface area contributed by atoms with E-state index in [-0.39, 0.29) is 11.8 Å². The highest BCUT2D eigenvalue weighted by atomic mass is 16.5. The summed E-state index contributed by atoms with van der Waals surface area (Å²) in [5, 5.41) is 15.7. The van der Waals surface area contributed by atoms with Crippen LogP contribution >= 0.6 is 0 Å². The highest BCUT2D eigenvalue weighted by Gasteiger charge is 2.27. The monoisotopic (exact) mass is 431 g/mol. The molecular formula is C26H29N3O3+2. The first-order valence-electron chi connectivity index (χ1n) is 10.9. The average Bonchev–Trinajstić information content (AvgIpc) is 2.80. The molecule has 4 N–H and O–H groups in total. The van der Waals surface area contributed by atoms with E-state index in [1.807, 2.05) is 87.8 Å². The summed E-state index contributed by atoms with van der Waals surface area (Å²) in [6.45, 7) is 7.03. The molecule has 0 bridgehead atoms. The van der Waals surface area contributed by atoms with Gasteiger partial charge >= 0.3 is 0 Å². The molecule has 4 aromatic rings. The number of aromatic amines is 2. The van der Waals surface area contributed by atoms with Crippen molar-refractivity contribution in [2.45, 2.75) is 26.8 Å². The molecule has 0 fully saturated rings. The Morgan fingerprint density at radius 1 is 0.906 bits per heavy atom. The summed E-state index contributed by atoms with van der Waals surface area (Å²) in [5.74, 6) is 2.44. The number of hydrogen-bond donors (Lipinski definition) is 2. The van der Waals surface area contributed by atoms with Gasteiger partial charge in [0.1, 0.15) is 6.04 Å². The zero-order valence-corrected chi connectivity index (χ0v) is 18.6. The summed E-state index contributed by atoms with van der Waals surface area (Å²) < 4.78 is 11.6. The van der Waals surface area contributed by atoms with Crippen LogP contribution in [0.5, 0.6) is 17.2 Å². The number of ether oxygens (including phenoxy) is 2. The Kier molecular flexibility index (Phi) is 6.40. The largest absolute Gasteiger partial charge is 0.502 e. The fraction of sp³-hybridized carbons (Fsp3) is 0.231. The smallest absolute Gasteiger partial charge is 0.273 e. The highest BCUT2D eigenvalue weighted by Crippen LogP contribution is 2.38. The normalized spacial score (nSPS) is 11.8. The van der Waals surface area contributed by atoms with E-state index in [4.69, 9.17) is 9.47 Å². The van der Waals surface area contributed by atoms with Crippen molar-refractivity contribution in [2.75, 3.05) is 18.5 Å². The quantitative estimate of drug-likeness (QED) is 0.431. The molecule has 0 saturated carbocycles. The molecule has 1 atom stereocenters. The van der Waals surface area contributed by atoms with Crippen LogP contribution in [0.25, 0.3) is 10.9 Å². The van der Waals surface area contributed by atoms with Gasteiger partial charge in [0.05, 0.1) is 24.8 Å². The standard InChI is InChI=1S/C26H27N3O3/c1-4-31-21-11-9-19(16-22(21)32-5-2)24(29-23-15-17(3)12-14-27-23)20-10-8-18-7-6-13-28-25(18)26(20)30/h6-16,24,30H,4-5H2,1-3H3,(H,27,29)/p+2. The van der Waals surface area contributed by atoms with Crippen LogP contribution < -0.4 is 24.8 Å². The second-order valence-corrected chi connectivity index (χ2v) is 7.57. The lowest BCUT2D eigenvalue weighted by Gasteiger charge is -2.19. The van der Waals surface area contributed by atoms with E-state index in [9.17, 15) is 5.11 Å². The zero-order chi connectivity index (χ0) is 22.5. The van der Waals surface area contributed by atoms with Crippen LogP contribution in [0.2, 0.25) is 0 Å². The molecular weight excluding hydrogens is 402 g/mol. The number of aryl methyl sites for hydroxylation is 1. The number of phenols is 1. The van der Waals surface area contributed by atoms with Crippen LogP contribution in [-0.4, -0.2) is 18.3 Å². The number of anilines is 1. The predicted octanol–water partition coefficient (Wildman–Crippen LogP) is 4.48. The fourth-order valence-electron chi connectivity index (χ4n) is 3.84. The molecule has 2 aromatic heterocycles. The minimum Gasteiger partial charge on any atom is -0.502 e. The Bertz CT molecular complexity index is 1230. The Balaban J connectivity index is 1.85. The summed E-state index contributed by atoms with van der Waals surface area (Å²) in [4.78, 5) is 6.42. The van der Waals surface area contributed by atoms with E-state index in [1.54, 1.807) is 0 Å². The average molecular weight is 432 g/mol. The molecule has 2 aromatic carbocycles. The molecule has 164 valence electrons. The summed E-state index contributed by atoms with van der Waals surface area (Å²) in [7, 11) is 0. The van der Waals surface area contributed by atoms with Crippen molar-refractivity contribution >= 4 is 16.7 Å². The van der Waals surface area contributed by atoms with Gasteiger partial charge in [0.25, 0.3) is 11.3 Å². The second kappa shape index (κ2) is 9.56. The minimum atomic E-state index is -0.332. The molecule has 0 amide bonds. The van der Waals surface area contributed by atoms with Crippen LogP contribution in [0.1, 0.15) is 36.6 Å². The molecule has 32 heavy (non-hydrogen) atoms. The number of aromatic hydroxyl groups is 1. The Hall–Kier alpha value is -3.80. The van der Waals surface area contributed by atoms with Gasteiger partial charge in [-0.15, -0.1) is 0 Å². The first-order valence-corrected chi connectivity index (χ1v) is 10.9. The number of phenolic OH excluding ortho intramolecular Hbond substituents is 1. The van der Waals surface area contributed by atoms with Gasteiger partial charge in [0.15, 0.2) is 23.4 Å².